The van der Waals surface area contributed by atoms with E-state index in [1.54, 1.807) is 30.6 Å². The monoisotopic (exact) mass is 267 g/mol. The Morgan fingerprint density at radius 3 is 2.95 bits per heavy atom. The van der Waals surface area contributed by atoms with Gasteiger partial charge in [0.2, 0.25) is 5.88 Å². The maximum Gasteiger partial charge on any atom is 0.258 e. The fourth-order valence-electron chi connectivity index (χ4n) is 1.86. The molecule has 0 aromatic carbocycles. The molecule has 0 bridgehead atoms. The molecule has 3 aromatic heterocycles. The standard InChI is InChI=1S/C15H13N3O2/c1-11-5-6-14(16-9-11)20-10-12-8-15(19)18-7-3-2-4-13(18)17-12/h2-9H,10H2,1H3. The van der Waals surface area contributed by atoms with Crippen LogP contribution in [0.5, 0.6) is 5.88 Å². The van der Waals surface area contributed by atoms with Crippen LogP contribution in [0.15, 0.2) is 53.6 Å². The zero-order valence-corrected chi connectivity index (χ0v) is 11.0. The van der Waals surface area contributed by atoms with E-state index in [-0.39, 0.29) is 12.2 Å². The molecule has 5 heteroatoms. The molecule has 0 atom stereocenters. The summed E-state index contributed by atoms with van der Waals surface area (Å²) in [5, 5.41) is 0. The summed E-state index contributed by atoms with van der Waals surface area (Å²) in [7, 11) is 0. The van der Waals surface area contributed by atoms with Crippen LogP contribution in [-0.4, -0.2) is 14.4 Å². The lowest BCUT2D eigenvalue weighted by molar-refractivity contribution is 0.289. The average molecular weight is 267 g/mol. The van der Waals surface area contributed by atoms with E-state index in [2.05, 4.69) is 9.97 Å². The first kappa shape index (κ1) is 12.3. The van der Waals surface area contributed by atoms with Gasteiger partial charge in [-0.25, -0.2) is 9.97 Å². The van der Waals surface area contributed by atoms with E-state index < -0.39 is 0 Å². The third kappa shape index (κ3) is 2.51. The van der Waals surface area contributed by atoms with Gasteiger partial charge in [0.25, 0.3) is 5.56 Å². The number of nitrogens with zero attached hydrogens (tertiary/aromatic N) is 3. The summed E-state index contributed by atoms with van der Waals surface area (Å²) >= 11 is 0. The number of rotatable bonds is 3. The van der Waals surface area contributed by atoms with Gasteiger partial charge >= 0.3 is 0 Å². The summed E-state index contributed by atoms with van der Waals surface area (Å²) in [5.74, 6) is 0.519. The third-order valence-corrected chi connectivity index (χ3v) is 2.88. The molecule has 3 heterocycles. The summed E-state index contributed by atoms with van der Waals surface area (Å²) in [5.41, 5.74) is 2.14. The van der Waals surface area contributed by atoms with Gasteiger partial charge in [-0.2, -0.15) is 0 Å². The molecule has 0 fully saturated rings. The molecule has 20 heavy (non-hydrogen) atoms. The van der Waals surface area contributed by atoms with Crippen molar-refractivity contribution >= 4 is 5.65 Å². The highest BCUT2D eigenvalue weighted by Crippen LogP contribution is 2.09. The van der Waals surface area contributed by atoms with Crippen molar-refractivity contribution in [3.8, 4) is 5.88 Å². The topological polar surface area (TPSA) is 56.5 Å². The van der Waals surface area contributed by atoms with Gasteiger partial charge < -0.3 is 4.74 Å². The molecule has 0 aliphatic carbocycles. The SMILES string of the molecule is Cc1ccc(OCc2cc(=O)n3ccccc3n2)nc1. The van der Waals surface area contributed by atoms with Crippen LogP contribution >= 0.6 is 0 Å². The number of aryl methyl sites for hydroxylation is 1. The highest BCUT2D eigenvalue weighted by Gasteiger charge is 2.03. The van der Waals surface area contributed by atoms with E-state index in [1.165, 1.54) is 10.5 Å². The first-order chi connectivity index (χ1) is 9.72. The molecule has 100 valence electrons. The Bertz CT molecular complexity index is 794. The number of ether oxygens (including phenoxy) is 1. The average Bonchev–Trinajstić information content (AvgIpc) is 2.47. The van der Waals surface area contributed by atoms with Gasteiger partial charge in [-0.1, -0.05) is 12.1 Å². The van der Waals surface area contributed by atoms with Crippen LogP contribution in [0.3, 0.4) is 0 Å². The molecule has 0 N–H and O–H groups in total. The van der Waals surface area contributed by atoms with Gasteiger partial charge in [-0.3, -0.25) is 9.20 Å². The Morgan fingerprint density at radius 2 is 2.15 bits per heavy atom. The minimum Gasteiger partial charge on any atom is -0.471 e. The second-order valence-corrected chi connectivity index (χ2v) is 4.48. The fraction of sp³-hybridized carbons (Fsp3) is 0.133. The number of aromatic nitrogens is 3. The summed E-state index contributed by atoms with van der Waals surface area (Å²) in [6, 6.07) is 10.6. The minimum atomic E-state index is -0.119. The first-order valence-corrected chi connectivity index (χ1v) is 6.25. The molecule has 0 spiro atoms. The second-order valence-electron chi connectivity index (χ2n) is 4.48. The van der Waals surface area contributed by atoms with Crippen molar-refractivity contribution in [1.29, 1.82) is 0 Å². The van der Waals surface area contributed by atoms with Gasteiger partial charge in [-0.05, 0) is 24.6 Å². The molecule has 5 nitrogen and oxygen atoms in total. The summed E-state index contributed by atoms with van der Waals surface area (Å²) in [6.45, 7) is 2.18. The van der Waals surface area contributed by atoms with Crippen molar-refractivity contribution in [2.45, 2.75) is 13.5 Å². The Hall–Kier alpha value is -2.69. The number of hydrogen-bond donors (Lipinski definition) is 0. The molecule has 0 unspecified atom stereocenters. The molecule has 0 saturated heterocycles. The highest BCUT2D eigenvalue weighted by molar-refractivity contribution is 5.37. The number of pyridine rings is 2. The number of hydrogen-bond acceptors (Lipinski definition) is 4. The highest BCUT2D eigenvalue weighted by atomic mass is 16.5. The quantitative estimate of drug-likeness (QED) is 0.728. The maximum absolute atomic E-state index is 11.9. The molecule has 0 radical (unpaired) electrons. The molecule has 0 aliphatic heterocycles. The lowest BCUT2D eigenvalue weighted by atomic mass is 10.3. The largest absolute Gasteiger partial charge is 0.471 e. The Kier molecular flexibility index (Phi) is 3.16. The first-order valence-electron chi connectivity index (χ1n) is 6.25. The van der Waals surface area contributed by atoms with Gasteiger partial charge in [0.15, 0.2) is 0 Å². The van der Waals surface area contributed by atoms with Crippen molar-refractivity contribution in [2.24, 2.45) is 0 Å². The van der Waals surface area contributed by atoms with E-state index in [0.717, 1.165) is 5.56 Å². The van der Waals surface area contributed by atoms with Crippen LogP contribution < -0.4 is 10.3 Å². The van der Waals surface area contributed by atoms with Crippen molar-refractivity contribution in [3.05, 3.63) is 70.4 Å². The maximum atomic E-state index is 11.9. The smallest absolute Gasteiger partial charge is 0.258 e. The van der Waals surface area contributed by atoms with Crippen LogP contribution in [0, 0.1) is 6.92 Å². The van der Waals surface area contributed by atoms with Crippen molar-refractivity contribution in [1.82, 2.24) is 14.4 Å². The molecule has 0 aliphatic rings. The predicted molar refractivity (Wildman–Crippen MR) is 74.8 cm³/mol. The molecule has 0 saturated carbocycles. The van der Waals surface area contributed by atoms with Crippen molar-refractivity contribution in [3.63, 3.8) is 0 Å². The van der Waals surface area contributed by atoms with Crippen molar-refractivity contribution in [2.75, 3.05) is 0 Å². The van der Waals surface area contributed by atoms with E-state index in [4.69, 9.17) is 4.74 Å². The summed E-state index contributed by atoms with van der Waals surface area (Å²) in [4.78, 5) is 20.4. The normalized spacial score (nSPS) is 10.7. The van der Waals surface area contributed by atoms with Crippen molar-refractivity contribution < 1.29 is 4.74 Å². The minimum absolute atomic E-state index is 0.119. The van der Waals surface area contributed by atoms with Gasteiger partial charge in [0.05, 0.1) is 5.69 Å². The Morgan fingerprint density at radius 1 is 1.25 bits per heavy atom. The van der Waals surface area contributed by atoms with Gasteiger partial charge in [-0.15, -0.1) is 0 Å². The van der Waals surface area contributed by atoms with Crippen LogP contribution in [-0.2, 0) is 6.61 Å². The van der Waals surface area contributed by atoms with Gasteiger partial charge in [0, 0.05) is 24.5 Å². The molecule has 3 rings (SSSR count). The number of fused-ring (bicyclic) bond motifs is 1. The Balaban J connectivity index is 1.84. The molecule has 3 aromatic rings. The lowest BCUT2D eigenvalue weighted by Gasteiger charge is -2.06. The lowest BCUT2D eigenvalue weighted by Crippen LogP contribution is -2.16. The summed E-state index contributed by atoms with van der Waals surface area (Å²) in [6.07, 6.45) is 3.43. The fourth-order valence-corrected chi connectivity index (χ4v) is 1.86. The molecular weight excluding hydrogens is 254 g/mol. The Labute approximate surface area is 115 Å². The zero-order chi connectivity index (χ0) is 13.9. The van der Waals surface area contributed by atoms with Crippen LogP contribution in [0.1, 0.15) is 11.3 Å². The van der Waals surface area contributed by atoms with Crippen LogP contribution in [0.2, 0.25) is 0 Å². The van der Waals surface area contributed by atoms with Gasteiger partial charge in [0.1, 0.15) is 12.3 Å². The van der Waals surface area contributed by atoms with E-state index >= 15 is 0 Å². The summed E-state index contributed by atoms with van der Waals surface area (Å²) < 4.78 is 7.02. The van der Waals surface area contributed by atoms with Crippen LogP contribution in [0.25, 0.3) is 5.65 Å². The third-order valence-electron chi connectivity index (χ3n) is 2.88. The van der Waals surface area contributed by atoms with E-state index in [9.17, 15) is 4.79 Å². The van der Waals surface area contributed by atoms with E-state index in [0.29, 0.717) is 17.2 Å². The molecular formula is C15H13N3O2. The van der Waals surface area contributed by atoms with E-state index in [1.807, 2.05) is 19.1 Å². The second kappa shape index (κ2) is 5.13. The molecule has 0 amide bonds. The van der Waals surface area contributed by atoms with Crippen LogP contribution in [0.4, 0.5) is 0 Å². The zero-order valence-electron chi connectivity index (χ0n) is 11.0. The predicted octanol–water partition coefficient (Wildman–Crippen LogP) is 1.98.